The predicted octanol–water partition coefficient (Wildman–Crippen LogP) is 2.76. The van der Waals surface area contributed by atoms with Crippen LogP contribution in [-0.4, -0.2) is 30.0 Å². The third kappa shape index (κ3) is 3.75. The first kappa shape index (κ1) is 14.1. The number of esters is 1. The summed E-state index contributed by atoms with van der Waals surface area (Å²) in [6.45, 7) is 2.05. The molecule has 0 aliphatic rings. The molecule has 0 amide bonds. The molecule has 1 aromatic rings. The largest absolute Gasteiger partial charge is 0.468 e. The highest BCUT2D eigenvalue weighted by Crippen LogP contribution is 2.19. The highest BCUT2D eigenvalue weighted by Gasteiger charge is 2.25. The monoisotopic (exact) mass is 272 g/mol. The average molecular weight is 273 g/mol. The Kier molecular flexibility index (Phi) is 5.51. The molecule has 0 aliphatic carbocycles. The number of ether oxygens (including phenoxy) is 1. The van der Waals surface area contributed by atoms with Crippen molar-refractivity contribution in [2.45, 2.75) is 17.2 Å². The molecule has 17 heavy (non-hydrogen) atoms. The van der Waals surface area contributed by atoms with Gasteiger partial charge in [0, 0.05) is 10.5 Å². The van der Waals surface area contributed by atoms with E-state index in [0.29, 0.717) is 5.56 Å². The number of hydrogen-bond acceptors (Lipinski definition) is 4. The molecule has 0 aromatic heterocycles. The quantitative estimate of drug-likeness (QED) is 0.272. The molecule has 1 atom stereocenters. The number of rotatable bonds is 5. The molecule has 0 fully saturated rings. The summed E-state index contributed by atoms with van der Waals surface area (Å²) in [5.41, 5.74) is 0.413. The van der Waals surface area contributed by atoms with Crippen molar-refractivity contribution in [3.63, 3.8) is 0 Å². The van der Waals surface area contributed by atoms with Gasteiger partial charge in [-0.05, 0) is 17.9 Å². The van der Waals surface area contributed by atoms with E-state index >= 15 is 0 Å². The van der Waals surface area contributed by atoms with E-state index < -0.39 is 17.1 Å². The molecule has 0 radical (unpaired) electrons. The van der Waals surface area contributed by atoms with Crippen molar-refractivity contribution < 1.29 is 14.3 Å². The summed E-state index contributed by atoms with van der Waals surface area (Å²) >= 11 is 7.37. The summed E-state index contributed by atoms with van der Waals surface area (Å²) in [7, 11) is 1.20. The number of ketones is 1. The van der Waals surface area contributed by atoms with Crippen LogP contribution in [0, 0.1) is 0 Å². The summed E-state index contributed by atoms with van der Waals surface area (Å²) < 4.78 is 4.42. The molecule has 0 spiro atoms. The smallest absolute Gasteiger partial charge is 0.331 e. The summed E-state index contributed by atoms with van der Waals surface area (Å²) in [6.07, 6.45) is 0. The fraction of sp³-hybridized carbons (Fsp3) is 0.333. The van der Waals surface area contributed by atoms with Gasteiger partial charge >= 0.3 is 5.97 Å². The maximum absolute atomic E-state index is 11.8. The van der Waals surface area contributed by atoms with Crippen LogP contribution in [0.5, 0.6) is 0 Å². The number of hydrogen-bond donors (Lipinski definition) is 0. The number of thioether (sulfide) groups is 1. The molecule has 1 rings (SSSR count). The van der Waals surface area contributed by atoms with Crippen LogP contribution in [-0.2, 0) is 9.53 Å². The van der Waals surface area contributed by atoms with Crippen LogP contribution in [0.3, 0.4) is 0 Å². The Labute approximate surface area is 109 Å². The van der Waals surface area contributed by atoms with Crippen molar-refractivity contribution in [1.82, 2.24) is 0 Å². The molecule has 1 unspecified atom stereocenters. The Bertz CT molecular complexity index is 403. The fourth-order valence-electron chi connectivity index (χ4n) is 1.24. The SMILES string of the molecule is CCSc1ccc(C(=O)C(Cl)C(=O)OC)cc1. The van der Waals surface area contributed by atoms with Gasteiger partial charge in [-0.2, -0.15) is 0 Å². The lowest BCUT2D eigenvalue weighted by molar-refractivity contribution is -0.139. The van der Waals surface area contributed by atoms with Crippen molar-refractivity contribution in [3.05, 3.63) is 29.8 Å². The molecule has 3 nitrogen and oxygen atoms in total. The number of alkyl halides is 1. The molecule has 0 bridgehead atoms. The number of methoxy groups -OCH3 is 1. The highest BCUT2D eigenvalue weighted by atomic mass is 35.5. The normalized spacial score (nSPS) is 11.9. The maximum atomic E-state index is 11.8. The van der Waals surface area contributed by atoms with Crippen LogP contribution in [0.25, 0.3) is 0 Å². The van der Waals surface area contributed by atoms with Gasteiger partial charge in [-0.25, -0.2) is 4.79 Å². The van der Waals surface area contributed by atoms with E-state index in [2.05, 4.69) is 11.7 Å². The Balaban J connectivity index is 2.79. The topological polar surface area (TPSA) is 43.4 Å². The van der Waals surface area contributed by atoms with E-state index in [4.69, 9.17) is 11.6 Å². The lowest BCUT2D eigenvalue weighted by Gasteiger charge is -2.06. The second kappa shape index (κ2) is 6.67. The number of Topliss-reactive ketones (excluding diaryl/α,β-unsaturated/α-hetero) is 1. The van der Waals surface area contributed by atoms with Crippen LogP contribution < -0.4 is 0 Å². The molecule has 92 valence electrons. The lowest BCUT2D eigenvalue weighted by Crippen LogP contribution is -2.25. The maximum Gasteiger partial charge on any atom is 0.331 e. The van der Waals surface area contributed by atoms with E-state index in [-0.39, 0.29) is 0 Å². The number of halogens is 1. The van der Waals surface area contributed by atoms with Crippen molar-refractivity contribution in [2.75, 3.05) is 12.9 Å². The van der Waals surface area contributed by atoms with Crippen molar-refractivity contribution >= 4 is 35.1 Å². The van der Waals surface area contributed by atoms with Crippen molar-refractivity contribution in [3.8, 4) is 0 Å². The molecule has 1 aromatic carbocycles. The third-order valence-corrected chi connectivity index (χ3v) is 3.36. The van der Waals surface area contributed by atoms with Crippen LogP contribution in [0.15, 0.2) is 29.2 Å². The molecule has 0 saturated carbocycles. The van der Waals surface area contributed by atoms with Gasteiger partial charge in [0.15, 0.2) is 11.2 Å². The van der Waals surface area contributed by atoms with Gasteiger partial charge in [0.2, 0.25) is 0 Å². The van der Waals surface area contributed by atoms with E-state index in [1.807, 2.05) is 12.1 Å². The number of carbonyl (C=O) groups excluding carboxylic acids is 2. The van der Waals surface area contributed by atoms with Gasteiger partial charge in [0.05, 0.1) is 7.11 Å². The molecule has 0 saturated heterocycles. The molecular weight excluding hydrogens is 260 g/mol. The summed E-state index contributed by atoms with van der Waals surface area (Å²) in [5, 5.41) is -1.27. The third-order valence-electron chi connectivity index (χ3n) is 2.09. The molecule has 0 aliphatic heterocycles. The zero-order valence-electron chi connectivity index (χ0n) is 9.60. The molecular formula is C12H13ClO3S. The zero-order valence-corrected chi connectivity index (χ0v) is 11.2. The van der Waals surface area contributed by atoms with E-state index in [0.717, 1.165) is 10.6 Å². The second-order valence-corrected chi connectivity index (χ2v) is 4.98. The first-order valence-electron chi connectivity index (χ1n) is 5.09. The van der Waals surface area contributed by atoms with Gasteiger partial charge in [0.1, 0.15) is 0 Å². The Hall–Kier alpha value is -1.00. The van der Waals surface area contributed by atoms with E-state index in [1.165, 1.54) is 7.11 Å². The van der Waals surface area contributed by atoms with Gasteiger partial charge in [-0.1, -0.05) is 19.1 Å². The lowest BCUT2D eigenvalue weighted by atomic mass is 10.1. The van der Waals surface area contributed by atoms with Gasteiger partial charge in [-0.15, -0.1) is 23.4 Å². The number of carbonyl (C=O) groups is 2. The van der Waals surface area contributed by atoms with E-state index in [9.17, 15) is 9.59 Å². The minimum atomic E-state index is -1.27. The van der Waals surface area contributed by atoms with Gasteiger partial charge < -0.3 is 4.74 Å². The molecule has 0 N–H and O–H groups in total. The van der Waals surface area contributed by atoms with Gasteiger partial charge in [-0.3, -0.25) is 4.79 Å². The zero-order chi connectivity index (χ0) is 12.8. The Morgan fingerprint density at radius 3 is 2.41 bits per heavy atom. The molecule has 0 heterocycles. The standard InChI is InChI=1S/C12H13ClO3S/c1-3-17-9-6-4-8(5-7-9)11(14)10(13)12(15)16-2/h4-7,10H,3H2,1-2H3. The first-order chi connectivity index (χ1) is 8.10. The van der Waals surface area contributed by atoms with Crippen LogP contribution in [0.1, 0.15) is 17.3 Å². The highest BCUT2D eigenvalue weighted by molar-refractivity contribution is 7.99. The number of benzene rings is 1. The average Bonchev–Trinajstić information content (AvgIpc) is 2.37. The minimum Gasteiger partial charge on any atom is -0.468 e. The Morgan fingerprint density at radius 2 is 1.94 bits per heavy atom. The molecule has 5 heteroatoms. The van der Waals surface area contributed by atoms with E-state index in [1.54, 1.807) is 23.9 Å². The van der Waals surface area contributed by atoms with Crippen molar-refractivity contribution in [2.24, 2.45) is 0 Å². The summed E-state index contributed by atoms with van der Waals surface area (Å²) in [4.78, 5) is 24.0. The minimum absolute atomic E-state index is 0.413. The second-order valence-electron chi connectivity index (χ2n) is 3.21. The fourth-order valence-corrected chi connectivity index (χ4v) is 2.12. The first-order valence-corrected chi connectivity index (χ1v) is 6.51. The summed E-state index contributed by atoms with van der Waals surface area (Å²) in [6, 6.07) is 7.00. The predicted molar refractivity (Wildman–Crippen MR) is 68.8 cm³/mol. The Morgan fingerprint density at radius 1 is 1.35 bits per heavy atom. The van der Waals surface area contributed by atoms with Crippen molar-refractivity contribution in [1.29, 1.82) is 0 Å². The van der Waals surface area contributed by atoms with Crippen LogP contribution in [0.2, 0.25) is 0 Å². The van der Waals surface area contributed by atoms with Crippen LogP contribution >= 0.6 is 23.4 Å². The summed E-state index contributed by atoms with van der Waals surface area (Å²) in [5.74, 6) is -0.205. The van der Waals surface area contributed by atoms with Crippen LogP contribution in [0.4, 0.5) is 0 Å². The van der Waals surface area contributed by atoms with Gasteiger partial charge in [0.25, 0.3) is 0 Å².